The number of hydrogen-bond donors (Lipinski definition) is 1. The molecule has 12 heavy (non-hydrogen) atoms. The second-order valence-corrected chi connectivity index (χ2v) is 2.54. The van der Waals surface area contributed by atoms with Gasteiger partial charge in [0.05, 0.1) is 0 Å². The number of oxime groups is 1. The number of allylic oxidation sites excluding steroid dienone is 1. The summed E-state index contributed by atoms with van der Waals surface area (Å²) >= 11 is 0. The minimum Gasteiger partial charge on any atom is -0.389 e. The summed E-state index contributed by atoms with van der Waals surface area (Å²) in [6, 6.07) is 0. The predicted molar refractivity (Wildman–Crippen MR) is 48.8 cm³/mol. The van der Waals surface area contributed by atoms with E-state index in [2.05, 4.69) is 28.9 Å². The van der Waals surface area contributed by atoms with Crippen LogP contribution in [0.2, 0.25) is 0 Å². The van der Waals surface area contributed by atoms with Crippen LogP contribution in [0.3, 0.4) is 0 Å². The second-order valence-electron chi connectivity index (χ2n) is 2.54. The van der Waals surface area contributed by atoms with Gasteiger partial charge in [0.25, 0.3) is 0 Å². The summed E-state index contributed by atoms with van der Waals surface area (Å²) in [6.07, 6.45) is 1.76. The van der Waals surface area contributed by atoms with E-state index in [0.717, 1.165) is 13.1 Å². The third kappa shape index (κ3) is 2.77. The Labute approximate surface area is 72.5 Å². The number of rotatable bonds is 2. The highest BCUT2D eigenvalue weighted by atomic mass is 16.6. The van der Waals surface area contributed by atoms with Gasteiger partial charge in [-0.25, -0.2) is 0 Å². The van der Waals surface area contributed by atoms with Gasteiger partial charge < -0.3 is 10.2 Å². The molecule has 0 amide bonds. The van der Waals surface area contributed by atoms with Gasteiger partial charge in [0.2, 0.25) is 0 Å². The number of hydrogen-bond acceptors (Lipinski definition) is 3. The Morgan fingerprint density at radius 2 is 2.50 bits per heavy atom. The van der Waals surface area contributed by atoms with Crippen molar-refractivity contribution >= 4 is 5.71 Å². The van der Waals surface area contributed by atoms with Crippen LogP contribution in [0.5, 0.6) is 0 Å². The first kappa shape index (κ1) is 8.82. The lowest BCUT2D eigenvalue weighted by Crippen LogP contribution is -2.47. The quantitative estimate of drug-likeness (QED) is 0.367. The van der Waals surface area contributed by atoms with E-state index in [-0.39, 0.29) is 6.10 Å². The minimum absolute atomic E-state index is 0.227. The van der Waals surface area contributed by atoms with Crippen LogP contribution in [-0.2, 0) is 4.84 Å². The maximum absolute atomic E-state index is 5.13. The Kier molecular flexibility index (Phi) is 3.36. The van der Waals surface area contributed by atoms with Gasteiger partial charge in [-0.3, -0.25) is 0 Å². The Morgan fingerprint density at radius 1 is 1.75 bits per heavy atom. The molecular weight excluding hydrogens is 152 g/mol. The first-order chi connectivity index (χ1) is 5.83. The monoisotopic (exact) mass is 164 g/mol. The van der Waals surface area contributed by atoms with E-state index in [1.54, 1.807) is 0 Å². The molecule has 1 rings (SSSR count). The molecule has 3 nitrogen and oxygen atoms in total. The summed E-state index contributed by atoms with van der Waals surface area (Å²) in [4.78, 5) is 5.13. The molecule has 0 aromatic rings. The Morgan fingerprint density at radius 3 is 3.00 bits per heavy atom. The van der Waals surface area contributed by atoms with Crippen molar-refractivity contribution in [3.8, 4) is 11.8 Å². The normalized spacial score (nSPS) is 17.2. The van der Waals surface area contributed by atoms with Gasteiger partial charge >= 0.3 is 0 Å². The van der Waals surface area contributed by atoms with Crippen molar-refractivity contribution in [3.63, 3.8) is 0 Å². The zero-order chi connectivity index (χ0) is 8.81. The molecule has 0 atom stereocenters. The van der Waals surface area contributed by atoms with Crippen molar-refractivity contribution in [2.45, 2.75) is 13.0 Å². The van der Waals surface area contributed by atoms with E-state index >= 15 is 0 Å². The largest absolute Gasteiger partial charge is 0.389 e. The fourth-order valence-corrected chi connectivity index (χ4v) is 0.669. The summed E-state index contributed by atoms with van der Waals surface area (Å²) in [5, 5.41) is 6.92. The van der Waals surface area contributed by atoms with E-state index < -0.39 is 0 Å². The lowest BCUT2D eigenvalue weighted by molar-refractivity contribution is 0.0233. The van der Waals surface area contributed by atoms with Crippen molar-refractivity contribution in [1.29, 1.82) is 0 Å². The number of nitrogens with zero attached hydrogens (tertiary/aromatic N) is 1. The molecule has 0 aromatic heterocycles. The summed E-state index contributed by atoms with van der Waals surface area (Å²) in [7, 11) is 0. The van der Waals surface area contributed by atoms with E-state index in [1.807, 2.05) is 6.92 Å². The molecule has 3 heteroatoms. The summed E-state index contributed by atoms with van der Waals surface area (Å²) in [6.45, 7) is 7.05. The first-order valence-electron chi connectivity index (χ1n) is 3.86. The highest BCUT2D eigenvalue weighted by Gasteiger charge is 2.17. The van der Waals surface area contributed by atoms with E-state index in [0.29, 0.717) is 5.71 Å². The van der Waals surface area contributed by atoms with Crippen molar-refractivity contribution in [2.75, 3.05) is 13.1 Å². The van der Waals surface area contributed by atoms with Crippen molar-refractivity contribution < 1.29 is 4.84 Å². The fraction of sp³-hybridized carbons (Fsp3) is 0.444. The van der Waals surface area contributed by atoms with Gasteiger partial charge in [-0.1, -0.05) is 17.7 Å². The Bertz CT molecular complexity index is 243. The van der Waals surface area contributed by atoms with Crippen molar-refractivity contribution in [2.24, 2.45) is 5.16 Å². The Hall–Kier alpha value is -1.27. The molecule has 1 heterocycles. The van der Waals surface area contributed by atoms with Crippen LogP contribution in [-0.4, -0.2) is 24.9 Å². The van der Waals surface area contributed by atoms with Gasteiger partial charge in [-0.05, 0) is 18.9 Å². The average molecular weight is 164 g/mol. The molecule has 1 saturated heterocycles. The maximum Gasteiger partial charge on any atom is 0.152 e. The topological polar surface area (TPSA) is 33.6 Å². The van der Waals surface area contributed by atoms with Crippen molar-refractivity contribution in [3.05, 3.63) is 12.7 Å². The summed E-state index contributed by atoms with van der Waals surface area (Å²) in [5.74, 6) is 5.47. The molecule has 1 fully saturated rings. The van der Waals surface area contributed by atoms with Gasteiger partial charge in [0.1, 0.15) is 5.71 Å². The Balaban J connectivity index is 2.28. The number of nitrogens with one attached hydrogen (secondary N) is 1. The van der Waals surface area contributed by atoms with Gasteiger partial charge in [-0.2, -0.15) is 0 Å². The molecule has 1 aliphatic rings. The van der Waals surface area contributed by atoms with E-state index in [4.69, 9.17) is 4.84 Å². The highest BCUT2D eigenvalue weighted by molar-refractivity contribution is 5.98. The van der Waals surface area contributed by atoms with Crippen LogP contribution < -0.4 is 5.32 Å². The first-order valence-corrected chi connectivity index (χ1v) is 3.86. The minimum atomic E-state index is 0.227. The fourth-order valence-electron chi connectivity index (χ4n) is 0.669. The highest BCUT2D eigenvalue weighted by Crippen LogP contribution is 1.98. The zero-order valence-corrected chi connectivity index (χ0v) is 7.13. The smallest absolute Gasteiger partial charge is 0.152 e. The van der Waals surface area contributed by atoms with Crippen LogP contribution in [0.25, 0.3) is 0 Å². The molecule has 0 unspecified atom stereocenters. The SMILES string of the molecule is C=CC#C/C(C)=N\OC1CNC1. The summed E-state index contributed by atoms with van der Waals surface area (Å²) in [5.41, 5.74) is 0.682. The molecule has 1 N–H and O–H groups in total. The zero-order valence-electron chi connectivity index (χ0n) is 7.13. The van der Waals surface area contributed by atoms with Crippen LogP contribution >= 0.6 is 0 Å². The molecule has 0 aliphatic carbocycles. The second kappa shape index (κ2) is 4.58. The molecule has 1 aliphatic heterocycles. The van der Waals surface area contributed by atoms with E-state index in [1.165, 1.54) is 6.08 Å². The van der Waals surface area contributed by atoms with Gasteiger partial charge in [-0.15, -0.1) is 0 Å². The summed E-state index contributed by atoms with van der Waals surface area (Å²) < 4.78 is 0. The lowest BCUT2D eigenvalue weighted by Gasteiger charge is -2.24. The van der Waals surface area contributed by atoms with Crippen LogP contribution in [0.1, 0.15) is 6.92 Å². The molecule has 0 aromatic carbocycles. The average Bonchev–Trinajstić information content (AvgIpc) is 1.98. The van der Waals surface area contributed by atoms with Gasteiger partial charge in [0, 0.05) is 13.1 Å². The third-order valence-corrected chi connectivity index (χ3v) is 1.44. The maximum atomic E-state index is 5.13. The standard InChI is InChI=1S/C9H12N2O/c1-3-4-5-8(2)11-12-9-6-10-7-9/h3,9-10H,1,6-7H2,2H3/b11-8-. The van der Waals surface area contributed by atoms with Gasteiger partial charge in [0.15, 0.2) is 6.10 Å². The molecule has 64 valence electrons. The van der Waals surface area contributed by atoms with Crippen LogP contribution in [0.15, 0.2) is 17.8 Å². The van der Waals surface area contributed by atoms with E-state index in [9.17, 15) is 0 Å². The lowest BCUT2D eigenvalue weighted by atomic mass is 10.2. The van der Waals surface area contributed by atoms with Crippen LogP contribution in [0.4, 0.5) is 0 Å². The van der Waals surface area contributed by atoms with Crippen LogP contribution in [0, 0.1) is 11.8 Å². The molecule has 0 radical (unpaired) electrons. The molecule has 0 saturated carbocycles. The molecular formula is C9H12N2O. The van der Waals surface area contributed by atoms with Crippen molar-refractivity contribution in [1.82, 2.24) is 5.32 Å². The molecule has 0 bridgehead atoms. The third-order valence-electron chi connectivity index (χ3n) is 1.44. The molecule has 0 spiro atoms. The predicted octanol–water partition coefficient (Wildman–Crippen LogP) is 0.540.